The minimum Gasteiger partial charge on any atom is -0.341 e. The van der Waals surface area contributed by atoms with E-state index in [0.29, 0.717) is 25.9 Å². The second-order valence-electron chi connectivity index (χ2n) is 6.80. The zero-order chi connectivity index (χ0) is 18.7. The van der Waals surface area contributed by atoms with Gasteiger partial charge in [0.05, 0.1) is 4.90 Å². The van der Waals surface area contributed by atoms with Gasteiger partial charge in [-0.1, -0.05) is 6.07 Å². The zero-order valence-electron chi connectivity index (χ0n) is 14.8. The first-order chi connectivity index (χ1) is 12.4. The number of carbonyl (C=O) groups excluding carboxylic acids is 1. The van der Waals surface area contributed by atoms with E-state index in [-0.39, 0.29) is 22.9 Å². The van der Waals surface area contributed by atoms with Crippen LogP contribution in [0.25, 0.3) is 0 Å². The Hall–Kier alpha value is -1.55. The van der Waals surface area contributed by atoms with Crippen molar-refractivity contribution in [2.75, 3.05) is 26.7 Å². The first kappa shape index (κ1) is 19.2. The maximum Gasteiger partial charge on any atom is 0.243 e. The molecule has 1 aromatic rings. The van der Waals surface area contributed by atoms with Crippen LogP contribution in [-0.4, -0.2) is 62.3 Å². The number of halogens is 1. The fourth-order valence-corrected chi connectivity index (χ4v) is 4.99. The highest BCUT2D eigenvalue weighted by atomic mass is 32.2. The Labute approximate surface area is 153 Å². The Morgan fingerprint density at radius 1 is 1.27 bits per heavy atom. The van der Waals surface area contributed by atoms with Crippen LogP contribution in [0.15, 0.2) is 29.2 Å². The second-order valence-corrected chi connectivity index (χ2v) is 8.80. The lowest BCUT2D eigenvalue weighted by atomic mass is 10.1. The standard InChI is InChI=1S/C17H25FN4O3S/c1-21(26(24,25)15-6-2-4-13(18)12-15)14-5-3-10-22(11-8-14)17(23)16-7-9-19-20-16/h2,4,6,12,14,16,19-20H,3,5,7-11H2,1H3. The van der Waals surface area contributed by atoms with Gasteiger partial charge in [0.2, 0.25) is 15.9 Å². The smallest absolute Gasteiger partial charge is 0.243 e. The van der Waals surface area contributed by atoms with Crippen LogP contribution in [0.3, 0.4) is 0 Å². The van der Waals surface area contributed by atoms with Gasteiger partial charge in [-0.3, -0.25) is 10.2 Å². The molecule has 2 aliphatic rings. The molecule has 0 radical (unpaired) electrons. The van der Waals surface area contributed by atoms with Crippen molar-refractivity contribution in [2.24, 2.45) is 0 Å². The molecular weight excluding hydrogens is 359 g/mol. The third-order valence-corrected chi connectivity index (χ3v) is 7.04. The molecular formula is C17H25FN4O3S. The first-order valence-electron chi connectivity index (χ1n) is 8.90. The van der Waals surface area contributed by atoms with E-state index in [4.69, 9.17) is 0 Å². The van der Waals surface area contributed by atoms with E-state index in [0.717, 1.165) is 25.5 Å². The van der Waals surface area contributed by atoms with Gasteiger partial charge in [-0.05, 0) is 43.9 Å². The molecule has 7 nitrogen and oxygen atoms in total. The van der Waals surface area contributed by atoms with Gasteiger partial charge in [-0.25, -0.2) is 18.2 Å². The monoisotopic (exact) mass is 384 g/mol. The van der Waals surface area contributed by atoms with Gasteiger partial charge < -0.3 is 4.90 Å². The molecule has 2 heterocycles. The van der Waals surface area contributed by atoms with E-state index in [2.05, 4.69) is 10.9 Å². The number of likely N-dealkylation sites (tertiary alicyclic amines) is 1. The van der Waals surface area contributed by atoms with Crippen molar-refractivity contribution in [1.29, 1.82) is 0 Å². The molecule has 1 aromatic carbocycles. The van der Waals surface area contributed by atoms with E-state index >= 15 is 0 Å². The number of hydrazine groups is 1. The Balaban J connectivity index is 1.67. The van der Waals surface area contributed by atoms with Gasteiger partial charge in [-0.15, -0.1) is 0 Å². The third-order valence-electron chi connectivity index (χ3n) is 5.13. The highest BCUT2D eigenvalue weighted by Gasteiger charge is 2.33. The number of sulfonamides is 1. The molecule has 2 aliphatic heterocycles. The van der Waals surface area contributed by atoms with Gasteiger partial charge in [0.15, 0.2) is 0 Å². The van der Waals surface area contributed by atoms with Crippen molar-refractivity contribution in [1.82, 2.24) is 20.1 Å². The van der Waals surface area contributed by atoms with Gasteiger partial charge in [0.25, 0.3) is 0 Å². The normalized spacial score (nSPS) is 24.7. The molecule has 3 rings (SSSR count). The predicted molar refractivity (Wildman–Crippen MR) is 95.1 cm³/mol. The van der Waals surface area contributed by atoms with Crippen LogP contribution in [0.2, 0.25) is 0 Å². The van der Waals surface area contributed by atoms with Crippen molar-refractivity contribution in [2.45, 2.75) is 42.7 Å². The third kappa shape index (κ3) is 4.06. The summed E-state index contributed by atoms with van der Waals surface area (Å²) in [6.07, 6.45) is 2.73. The van der Waals surface area contributed by atoms with E-state index < -0.39 is 15.8 Å². The molecule has 0 bridgehead atoms. The van der Waals surface area contributed by atoms with Gasteiger partial charge in [-0.2, -0.15) is 4.31 Å². The average Bonchev–Trinajstić information content (AvgIpc) is 3.05. The Morgan fingerprint density at radius 2 is 2.08 bits per heavy atom. The Morgan fingerprint density at radius 3 is 2.77 bits per heavy atom. The van der Waals surface area contributed by atoms with Crippen LogP contribution in [0, 0.1) is 5.82 Å². The van der Waals surface area contributed by atoms with Gasteiger partial charge in [0.1, 0.15) is 11.9 Å². The van der Waals surface area contributed by atoms with Crippen molar-refractivity contribution in [3.63, 3.8) is 0 Å². The summed E-state index contributed by atoms with van der Waals surface area (Å²) in [6.45, 7) is 1.91. The first-order valence-corrected chi connectivity index (χ1v) is 10.3. The molecule has 0 spiro atoms. The molecule has 2 unspecified atom stereocenters. The van der Waals surface area contributed by atoms with E-state index in [1.807, 2.05) is 4.90 Å². The minimum absolute atomic E-state index is 0.0431. The van der Waals surface area contributed by atoms with E-state index in [1.54, 1.807) is 0 Å². The molecule has 2 fully saturated rings. The van der Waals surface area contributed by atoms with E-state index in [9.17, 15) is 17.6 Å². The summed E-state index contributed by atoms with van der Waals surface area (Å²) in [5.41, 5.74) is 5.94. The maximum absolute atomic E-state index is 13.4. The number of carbonyl (C=O) groups is 1. The number of hydrogen-bond acceptors (Lipinski definition) is 5. The molecule has 144 valence electrons. The highest BCUT2D eigenvalue weighted by Crippen LogP contribution is 2.23. The van der Waals surface area contributed by atoms with Crippen LogP contribution < -0.4 is 10.9 Å². The average molecular weight is 384 g/mol. The predicted octanol–water partition coefficient (Wildman–Crippen LogP) is 0.694. The van der Waals surface area contributed by atoms with Crippen LogP contribution in [0.5, 0.6) is 0 Å². The number of nitrogens with zero attached hydrogens (tertiary/aromatic N) is 2. The molecule has 2 atom stereocenters. The number of rotatable bonds is 4. The number of hydrogen-bond donors (Lipinski definition) is 2. The summed E-state index contributed by atoms with van der Waals surface area (Å²) in [5, 5.41) is 0. The number of nitrogens with one attached hydrogen (secondary N) is 2. The van der Waals surface area contributed by atoms with E-state index in [1.165, 1.54) is 29.6 Å². The lowest BCUT2D eigenvalue weighted by Crippen LogP contribution is -2.46. The summed E-state index contributed by atoms with van der Waals surface area (Å²) in [4.78, 5) is 14.3. The Bertz CT molecular complexity index is 752. The fraction of sp³-hybridized carbons (Fsp3) is 0.588. The topological polar surface area (TPSA) is 81.8 Å². The van der Waals surface area contributed by atoms with Crippen molar-refractivity contribution >= 4 is 15.9 Å². The SMILES string of the molecule is CN(C1CCCN(C(=O)C2CCNN2)CC1)S(=O)(=O)c1cccc(F)c1. The van der Waals surface area contributed by atoms with Crippen LogP contribution in [0.4, 0.5) is 4.39 Å². The van der Waals surface area contributed by atoms with Crippen molar-refractivity contribution in [3.8, 4) is 0 Å². The molecule has 2 N–H and O–H groups in total. The quantitative estimate of drug-likeness (QED) is 0.798. The molecule has 0 aromatic heterocycles. The number of benzene rings is 1. The largest absolute Gasteiger partial charge is 0.341 e. The second kappa shape index (κ2) is 7.99. The molecule has 1 amide bonds. The fourth-order valence-electron chi connectivity index (χ4n) is 3.54. The van der Waals surface area contributed by atoms with Crippen LogP contribution in [0.1, 0.15) is 25.7 Å². The maximum atomic E-state index is 13.4. The van der Waals surface area contributed by atoms with Crippen molar-refractivity contribution < 1.29 is 17.6 Å². The minimum atomic E-state index is -3.76. The number of amides is 1. The highest BCUT2D eigenvalue weighted by molar-refractivity contribution is 7.89. The summed E-state index contributed by atoms with van der Waals surface area (Å²) < 4.78 is 40.3. The summed E-state index contributed by atoms with van der Waals surface area (Å²) in [7, 11) is -2.23. The van der Waals surface area contributed by atoms with Gasteiger partial charge in [0, 0.05) is 32.7 Å². The summed E-state index contributed by atoms with van der Waals surface area (Å²) in [5.74, 6) is -0.513. The van der Waals surface area contributed by atoms with Gasteiger partial charge >= 0.3 is 0 Å². The molecule has 2 saturated heterocycles. The molecule has 26 heavy (non-hydrogen) atoms. The Kier molecular flexibility index (Phi) is 5.91. The molecule has 0 saturated carbocycles. The lowest BCUT2D eigenvalue weighted by molar-refractivity contribution is -0.133. The lowest BCUT2D eigenvalue weighted by Gasteiger charge is -2.27. The molecule has 9 heteroatoms. The molecule has 0 aliphatic carbocycles. The van der Waals surface area contributed by atoms with Crippen LogP contribution >= 0.6 is 0 Å². The summed E-state index contributed by atoms with van der Waals surface area (Å²) in [6, 6.07) is 4.64. The zero-order valence-corrected chi connectivity index (χ0v) is 15.6. The van der Waals surface area contributed by atoms with Crippen molar-refractivity contribution in [3.05, 3.63) is 30.1 Å². The summed E-state index contributed by atoms with van der Waals surface area (Å²) >= 11 is 0. The van der Waals surface area contributed by atoms with Crippen LogP contribution in [-0.2, 0) is 14.8 Å².